The molecule has 0 aliphatic carbocycles. The van der Waals surface area contributed by atoms with Gasteiger partial charge in [0.1, 0.15) is 5.76 Å². The van der Waals surface area contributed by atoms with Gasteiger partial charge in [-0.05, 0) is 42.0 Å². The van der Waals surface area contributed by atoms with E-state index < -0.39 is 17.7 Å². The van der Waals surface area contributed by atoms with Gasteiger partial charge in [-0.2, -0.15) is 0 Å². The summed E-state index contributed by atoms with van der Waals surface area (Å²) >= 11 is 0. The van der Waals surface area contributed by atoms with Crippen LogP contribution in [-0.4, -0.2) is 32.8 Å². The number of carbonyl (C=O) groups excluding carboxylic acids is 2. The number of likely N-dealkylation sites (tertiary alicyclic amines) is 1. The molecule has 33 heavy (non-hydrogen) atoms. The van der Waals surface area contributed by atoms with Crippen molar-refractivity contribution in [2.75, 3.05) is 6.54 Å². The molecule has 1 fully saturated rings. The number of fused-ring (bicyclic) bond motifs is 1. The molecule has 1 atom stereocenters. The number of hydrogen-bond donors (Lipinski definition) is 1. The van der Waals surface area contributed by atoms with Crippen LogP contribution in [0.15, 0.2) is 54.2 Å². The van der Waals surface area contributed by atoms with Crippen molar-refractivity contribution in [3.8, 4) is 0 Å². The van der Waals surface area contributed by atoms with Crippen LogP contribution in [0.1, 0.15) is 62.4 Å². The van der Waals surface area contributed by atoms with Gasteiger partial charge in [-0.15, -0.1) is 0 Å². The Balaban J connectivity index is 2.00. The van der Waals surface area contributed by atoms with Crippen molar-refractivity contribution >= 4 is 28.4 Å². The number of rotatable bonds is 4. The van der Waals surface area contributed by atoms with Crippen LogP contribution in [0.3, 0.4) is 0 Å². The Bertz CT molecular complexity index is 1290. The highest BCUT2D eigenvalue weighted by Crippen LogP contribution is 2.43. The zero-order valence-electron chi connectivity index (χ0n) is 20.3. The van der Waals surface area contributed by atoms with Crippen molar-refractivity contribution in [1.29, 1.82) is 0 Å². The highest BCUT2D eigenvalue weighted by molar-refractivity contribution is 6.46. The number of aromatic nitrogens is 1. The number of aliphatic hydroxyl groups excluding tert-OH is 1. The van der Waals surface area contributed by atoms with E-state index in [2.05, 4.69) is 20.8 Å². The van der Waals surface area contributed by atoms with E-state index in [1.165, 1.54) is 0 Å². The van der Waals surface area contributed by atoms with E-state index in [0.717, 1.165) is 27.6 Å². The zero-order valence-corrected chi connectivity index (χ0v) is 20.3. The van der Waals surface area contributed by atoms with Crippen molar-refractivity contribution in [3.05, 3.63) is 76.5 Å². The van der Waals surface area contributed by atoms with Crippen LogP contribution in [0.4, 0.5) is 0 Å². The molecule has 5 heteroatoms. The second-order valence-corrected chi connectivity index (χ2v) is 9.98. The SMILES string of the molecule is CCCN1C(=O)C(=O)/C(=C(/O)c2cc(C(C)(C)C)ccc2C)C1c1cn(C)c2ccccc12. The Morgan fingerprint density at radius 2 is 1.79 bits per heavy atom. The predicted molar refractivity (Wildman–Crippen MR) is 132 cm³/mol. The van der Waals surface area contributed by atoms with Gasteiger partial charge in [0.05, 0.1) is 11.6 Å². The molecule has 0 bridgehead atoms. The minimum atomic E-state index is -0.631. The number of aliphatic hydroxyl groups is 1. The maximum atomic E-state index is 13.3. The Hall–Kier alpha value is -3.34. The number of carbonyl (C=O) groups is 2. The fourth-order valence-corrected chi connectivity index (χ4v) is 4.75. The molecule has 1 aliphatic rings. The van der Waals surface area contributed by atoms with Crippen LogP contribution in [0, 0.1) is 6.92 Å². The minimum Gasteiger partial charge on any atom is -0.507 e. The summed E-state index contributed by atoms with van der Waals surface area (Å²) in [7, 11) is 1.95. The lowest BCUT2D eigenvalue weighted by molar-refractivity contribution is -0.139. The first kappa shape index (κ1) is 22.8. The topological polar surface area (TPSA) is 62.5 Å². The maximum absolute atomic E-state index is 13.3. The molecule has 5 nitrogen and oxygen atoms in total. The molecule has 1 unspecified atom stereocenters. The van der Waals surface area contributed by atoms with E-state index in [0.29, 0.717) is 18.5 Å². The van der Waals surface area contributed by atoms with Gasteiger partial charge >= 0.3 is 0 Å². The lowest BCUT2D eigenvalue weighted by atomic mass is 9.84. The summed E-state index contributed by atoms with van der Waals surface area (Å²) in [6.45, 7) is 10.7. The summed E-state index contributed by atoms with van der Waals surface area (Å²) in [5.74, 6) is -1.28. The zero-order chi connectivity index (χ0) is 24.1. The Kier molecular flexibility index (Phi) is 5.69. The van der Waals surface area contributed by atoms with Crippen molar-refractivity contribution in [3.63, 3.8) is 0 Å². The van der Waals surface area contributed by atoms with Gasteiger partial charge in [-0.1, -0.05) is 58.0 Å². The normalized spacial score (nSPS) is 18.5. The molecule has 1 saturated heterocycles. The molecule has 2 aromatic carbocycles. The third-order valence-electron chi connectivity index (χ3n) is 6.59. The minimum absolute atomic E-state index is 0.103. The molecule has 3 aromatic rings. The number of ketones is 1. The first-order valence-corrected chi connectivity index (χ1v) is 11.5. The Morgan fingerprint density at radius 1 is 1.09 bits per heavy atom. The quantitative estimate of drug-likeness (QED) is 0.323. The molecule has 0 spiro atoms. The highest BCUT2D eigenvalue weighted by atomic mass is 16.3. The molecular weight excluding hydrogens is 412 g/mol. The number of hydrogen-bond acceptors (Lipinski definition) is 3. The number of para-hydroxylation sites is 1. The van der Waals surface area contributed by atoms with E-state index >= 15 is 0 Å². The number of amides is 1. The fourth-order valence-electron chi connectivity index (χ4n) is 4.75. The van der Waals surface area contributed by atoms with Gasteiger partial charge in [0.2, 0.25) is 0 Å². The number of benzene rings is 2. The molecule has 1 amide bonds. The average Bonchev–Trinajstić information content (AvgIpc) is 3.22. The Labute approximate surface area is 195 Å². The fraction of sp³-hybridized carbons (Fsp3) is 0.357. The summed E-state index contributed by atoms with van der Waals surface area (Å²) in [4.78, 5) is 28.0. The van der Waals surface area contributed by atoms with Crippen molar-refractivity contribution < 1.29 is 14.7 Å². The largest absolute Gasteiger partial charge is 0.507 e. The van der Waals surface area contributed by atoms with Crippen molar-refractivity contribution in [1.82, 2.24) is 9.47 Å². The third-order valence-corrected chi connectivity index (χ3v) is 6.59. The highest BCUT2D eigenvalue weighted by Gasteiger charge is 2.46. The van der Waals surface area contributed by atoms with Crippen LogP contribution < -0.4 is 0 Å². The second-order valence-electron chi connectivity index (χ2n) is 9.98. The molecule has 0 saturated carbocycles. The average molecular weight is 445 g/mol. The van der Waals surface area contributed by atoms with Crippen molar-refractivity contribution in [2.24, 2.45) is 7.05 Å². The predicted octanol–water partition coefficient (Wildman–Crippen LogP) is 5.62. The number of nitrogens with zero attached hydrogens (tertiary/aromatic N) is 2. The van der Waals surface area contributed by atoms with E-state index in [-0.39, 0.29) is 16.7 Å². The van der Waals surface area contributed by atoms with Gasteiger partial charge < -0.3 is 14.6 Å². The van der Waals surface area contributed by atoms with E-state index in [1.54, 1.807) is 4.90 Å². The summed E-state index contributed by atoms with van der Waals surface area (Å²) in [6, 6.07) is 13.3. The summed E-state index contributed by atoms with van der Waals surface area (Å²) in [6.07, 6.45) is 2.68. The lowest BCUT2D eigenvalue weighted by Crippen LogP contribution is -2.30. The molecule has 1 N–H and O–H groups in total. The Morgan fingerprint density at radius 3 is 2.45 bits per heavy atom. The molecular formula is C28H32N2O3. The second kappa shape index (κ2) is 8.22. The molecule has 0 radical (unpaired) electrons. The van der Waals surface area contributed by atoms with Crippen molar-refractivity contribution in [2.45, 2.75) is 52.5 Å². The van der Waals surface area contributed by atoms with Crippen LogP contribution in [0.5, 0.6) is 0 Å². The molecule has 1 aliphatic heterocycles. The van der Waals surface area contributed by atoms with Crippen LogP contribution in [0.2, 0.25) is 0 Å². The standard InChI is InChI=1S/C28H32N2O3/c1-7-14-30-24(21-16-29(6)22-11-9-8-10-19(21)22)23(26(32)27(30)33)25(31)20-15-18(28(3,4)5)13-12-17(20)2/h8-13,15-16,24,31H,7,14H2,1-6H3/b25-23+. The molecule has 4 rings (SSSR count). The molecule has 2 heterocycles. The maximum Gasteiger partial charge on any atom is 0.295 e. The van der Waals surface area contributed by atoms with Gasteiger partial charge in [0.15, 0.2) is 0 Å². The van der Waals surface area contributed by atoms with Crippen LogP contribution in [-0.2, 0) is 22.1 Å². The third kappa shape index (κ3) is 3.75. The summed E-state index contributed by atoms with van der Waals surface area (Å²) in [5.41, 5.74) is 4.43. The lowest BCUT2D eigenvalue weighted by Gasteiger charge is -2.25. The van der Waals surface area contributed by atoms with E-state index in [4.69, 9.17) is 0 Å². The molecule has 172 valence electrons. The van der Waals surface area contributed by atoms with Gasteiger partial charge in [0, 0.05) is 41.8 Å². The first-order chi connectivity index (χ1) is 15.6. The molecule has 1 aromatic heterocycles. The van der Waals surface area contributed by atoms with Gasteiger partial charge in [-0.3, -0.25) is 9.59 Å². The van der Waals surface area contributed by atoms with E-state index in [9.17, 15) is 14.7 Å². The number of aryl methyl sites for hydroxylation is 2. The van der Waals surface area contributed by atoms with Crippen LogP contribution in [0.25, 0.3) is 16.7 Å². The summed E-state index contributed by atoms with van der Waals surface area (Å²) in [5, 5.41) is 12.5. The van der Waals surface area contributed by atoms with Gasteiger partial charge in [-0.25, -0.2) is 0 Å². The number of Topliss-reactive ketones (excluding diaryl/α,β-unsaturated/α-hetero) is 1. The summed E-state index contributed by atoms with van der Waals surface area (Å²) < 4.78 is 2.00. The van der Waals surface area contributed by atoms with E-state index in [1.807, 2.05) is 74.1 Å². The smallest absolute Gasteiger partial charge is 0.295 e. The monoisotopic (exact) mass is 444 g/mol. The first-order valence-electron chi connectivity index (χ1n) is 11.5. The van der Waals surface area contributed by atoms with Gasteiger partial charge in [0.25, 0.3) is 11.7 Å². The van der Waals surface area contributed by atoms with Crippen LogP contribution >= 0.6 is 0 Å².